The van der Waals surface area contributed by atoms with E-state index in [1.54, 1.807) is 6.20 Å². The summed E-state index contributed by atoms with van der Waals surface area (Å²) in [6.45, 7) is 0. The minimum atomic E-state index is 0.416. The number of benzene rings is 5. The first-order valence-corrected chi connectivity index (χ1v) is 19.2. The first-order chi connectivity index (χ1) is 27.2. The maximum atomic E-state index is 5.14. The van der Waals surface area contributed by atoms with Gasteiger partial charge in [0, 0.05) is 45.8 Å². The van der Waals surface area contributed by atoms with Crippen LogP contribution in [0.15, 0.2) is 164 Å². The Bertz CT molecular complexity index is 2610. The van der Waals surface area contributed by atoms with Crippen molar-refractivity contribution in [2.75, 3.05) is 0 Å². The summed E-state index contributed by atoms with van der Waals surface area (Å²) in [5, 5.41) is 0. The van der Waals surface area contributed by atoms with Gasteiger partial charge in [0.25, 0.3) is 0 Å². The van der Waals surface area contributed by atoms with Crippen LogP contribution >= 0.6 is 0 Å². The Morgan fingerprint density at radius 3 is 1.53 bits per heavy atom. The Morgan fingerprint density at radius 1 is 0.400 bits per heavy atom. The van der Waals surface area contributed by atoms with Gasteiger partial charge >= 0.3 is 0 Å². The molecule has 262 valence electrons. The fraction of sp³-hybridized carbons (Fsp3) is 0.143. The summed E-state index contributed by atoms with van der Waals surface area (Å²) in [5.41, 5.74) is 11.5. The summed E-state index contributed by atoms with van der Waals surface area (Å²) >= 11 is 0. The van der Waals surface area contributed by atoms with Crippen LogP contribution in [0.4, 0.5) is 0 Å². The highest BCUT2D eigenvalue weighted by Crippen LogP contribution is 2.77. The van der Waals surface area contributed by atoms with Crippen LogP contribution in [0.1, 0.15) is 24.8 Å². The van der Waals surface area contributed by atoms with Crippen molar-refractivity contribution in [2.45, 2.75) is 24.7 Å². The van der Waals surface area contributed by atoms with E-state index in [0.29, 0.717) is 28.7 Å². The van der Waals surface area contributed by atoms with Gasteiger partial charge in [-0.1, -0.05) is 133 Å². The van der Waals surface area contributed by atoms with Gasteiger partial charge in [-0.05, 0) is 77.3 Å². The van der Waals surface area contributed by atoms with Gasteiger partial charge in [0.15, 0.2) is 23.3 Å². The summed E-state index contributed by atoms with van der Waals surface area (Å²) in [5.74, 6) is 5.42. The minimum absolute atomic E-state index is 0.416. The van der Waals surface area contributed by atoms with Gasteiger partial charge in [-0.25, -0.2) is 24.9 Å². The molecule has 0 spiro atoms. The van der Waals surface area contributed by atoms with Gasteiger partial charge in [0.05, 0.1) is 11.4 Å². The molecule has 3 heterocycles. The van der Waals surface area contributed by atoms with Crippen LogP contribution < -0.4 is 0 Å². The van der Waals surface area contributed by atoms with Crippen LogP contribution in [0.5, 0.6) is 0 Å². The molecule has 6 heteroatoms. The van der Waals surface area contributed by atoms with E-state index in [1.165, 1.54) is 24.8 Å². The zero-order valence-corrected chi connectivity index (χ0v) is 30.1. The highest BCUT2D eigenvalue weighted by Gasteiger charge is 2.71. The Morgan fingerprint density at radius 2 is 0.909 bits per heavy atom. The molecule has 6 nitrogen and oxygen atoms in total. The van der Waals surface area contributed by atoms with Crippen molar-refractivity contribution in [1.82, 2.24) is 29.9 Å². The molecule has 3 fully saturated rings. The largest absolute Gasteiger partial charge is 0.264 e. The molecule has 5 aromatic carbocycles. The average molecular weight is 709 g/mol. The molecule has 2 unspecified atom stereocenters. The molecular weight excluding hydrogens is 673 g/mol. The molecule has 0 radical (unpaired) electrons. The molecule has 0 aliphatic heterocycles. The molecule has 3 saturated carbocycles. The summed E-state index contributed by atoms with van der Waals surface area (Å²) in [6, 6.07) is 52.3. The van der Waals surface area contributed by atoms with E-state index in [2.05, 4.69) is 102 Å². The second-order valence-corrected chi connectivity index (χ2v) is 15.3. The van der Waals surface area contributed by atoms with Gasteiger partial charge in [-0.3, -0.25) is 4.98 Å². The van der Waals surface area contributed by atoms with Crippen molar-refractivity contribution < 1.29 is 0 Å². The van der Waals surface area contributed by atoms with E-state index in [1.807, 2.05) is 60.8 Å². The molecule has 0 amide bonds. The zero-order chi connectivity index (χ0) is 36.3. The third-order valence-electron chi connectivity index (χ3n) is 12.2. The van der Waals surface area contributed by atoms with E-state index in [4.69, 9.17) is 24.9 Å². The molecule has 0 saturated heterocycles. The lowest BCUT2D eigenvalue weighted by Gasteiger charge is -2.76. The van der Waals surface area contributed by atoms with Gasteiger partial charge in [-0.15, -0.1) is 0 Å². The molecule has 0 bridgehead atoms. The fourth-order valence-corrected chi connectivity index (χ4v) is 9.54. The maximum Gasteiger partial charge on any atom is 0.164 e. The van der Waals surface area contributed by atoms with Gasteiger partial charge in [-0.2, -0.15) is 0 Å². The minimum Gasteiger partial charge on any atom is -0.264 e. The molecule has 3 aromatic heterocycles. The number of pyridine rings is 1. The van der Waals surface area contributed by atoms with Crippen molar-refractivity contribution in [2.24, 2.45) is 17.8 Å². The molecule has 3 aliphatic carbocycles. The second-order valence-electron chi connectivity index (χ2n) is 15.3. The Labute approximate surface area is 320 Å². The lowest BCUT2D eigenvalue weighted by atomic mass is 9.28. The van der Waals surface area contributed by atoms with E-state index < -0.39 is 0 Å². The van der Waals surface area contributed by atoms with Crippen LogP contribution in [0.3, 0.4) is 0 Å². The van der Waals surface area contributed by atoms with Crippen LogP contribution in [0.2, 0.25) is 0 Å². The molecule has 0 N–H and O–H groups in total. The van der Waals surface area contributed by atoms with Crippen molar-refractivity contribution in [3.63, 3.8) is 0 Å². The lowest BCUT2D eigenvalue weighted by Crippen LogP contribution is -2.71. The average Bonchev–Trinajstić information content (AvgIpc) is 3.27. The van der Waals surface area contributed by atoms with Crippen LogP contribution in [-0.2, 0) is 5.41 Å². The van der Waals surface area contributed by atoms with E-state index in [9.17, 15) is 0 Å². The first-order valence-electron chi connectivity index (χ1n) is 19.2. The summed E-state index contributed by atoms with van der Waals surface area (Å²) in [6.07, 6.45) is 7.83. The SMILES string of the molecule is c1ccc(-c2cc(-c3cccc(-c4nc(-c5ccc(-c6cccnc6)cc5)nc(-c5ccc(C67CC8CC(C6)C87)cc5)n4)c3)nc(-c3ccccc3)n2)cc1. The second kappa shape index (κ2) is 12.7. The third-order valence-corrected chi connectivity index (χ3v) is 12.2. The topological polar surface area (TPSA) is 77.3 Å². The first kappa shape index (κ1) is 31.8. The Kier molecular flexibility index (Phi) is 7.37. The number of hydrogen-bond acceptors (Lipinski definition) is 6. The highest BCUT2D eigenvalue weighted by molar-refractivity contribution is 5.76. The van der Waals surface area contributed by atoms with Crippen molar-refractivity contribution in [3.05, 3.63) is 170 Å². The Balaban J connectivity index is 1.00. The number of aromatic nitrogens is 6. The summed E-state index contributed by atoms with van der Waals surface area (Å²) in [4.78, 5) is 29.7. The highest BCUT2D eigenvalue weighted by atomic mass is 15.0. The third kappa shape index (κ3) is 5.47. The molecule has 8 aromatic rings. The predicted octanol–water partition coefficient (Wildman–Crippen LogP) is 11.0. The standard InChI is InChI=1S/C49H36N6/c1-3-9-32(10-4-1)42-27-43(52-45(51-42)33-11-5-2-6-12-33)36-13-7-14-37(25-36)48-54-46(34-18-16-31(17-19-34)38-15-8-24-50-30-38)53-47(55-48)35-20-22-41(23-21-35)49-28-39-26-40(29-49)44(39)49/h1-25,27,30,39-40,44H,26,28-29H2. The predicted molar refractivity (Wildman–Crippen MR) is 217 cm³/mol. The van der Waals surface area contributed by atoms with Gasteiger partial charge in [0.1, 0.15) is 0 Å². The monoisotopic (exact) mass is 708 g/mol. The molecular formula is C49H36N6. The maximum absolute atomic E-state index is 5.14. The van der Waals surface area contributed by atoms with Gasteiger partial charge < -0.3 is 0 Å². The molecule has 2 atom stereocenters. The quantitative estimate of drug-likeness (QED) is 0.156. The summed E-state index contributed by atoms with van der Waals surface area (Å²) < 4.78 is 0. The Hall–Kier alpha value is -6.66. The van der Waals surface area contributed by atoms with E-state index >= 15 is 0 Å². The van der Waals surface area contributed by atoms with Crippen molar-refractivity contribution in [1.29, 1.82) is 0 Å². The van der Waals surface area contributed by atoms with E-state index in [-0.39, 0.29) is 0 Å². The van der Waals surface area contributed by atoms with Crippen molar-refractivity contribution >= 4 is 0 Å². The fourth-order valence-electron chi connectivity index (χ4n) is 9.54. The van der Waals surface area contributed by atoms with E-state index in [0.717, 1.165) is 73.6 Å². The zero-order valence-electron chi connectivity index (χ0n) is 30.1. The summed E-state index contributed by atoms with van der Waals surface area (Å²) in [7, 11) is 0. The molecule has 3 aliphatic rings. The van der Waals surface area contributed by atoms with Crippen molar-refractivity contribution in [3.8, 4) is 79.2 Å². The number of rotatable bonds is 8. The van der Waals surface area contributed by atoms with Crippen LogP contribution in [0.25, 0.3) is 79.2 Å². The lowest BCUT2D eigenvalue weighted by molar-refractivity contribution is -0.219. The molecule has 11 rings (SSSR count). The smallest absolute Gasteiger partial charge is 0.164 e. The van der Waals surface area contributed by atoms with Crippen LogP contribution in [-0.4, -0.2) is 29.9 Å². The van der Waals surface area contributed by atoms with Crippen LogP contribution in [0, 0.1) is 17.8 Å². The van der Waals surface area contributed by atoms with Gasteiger partial charge in [0.2, 0.25) is 0 Å². The normalized spacial score (nSPS) is 20.4. The number of hydrogen-bond donors (Lipinski definition) is 0. The molecule has 55 heavy (non-hydrogen) atoms. The number of nitrogens with zero attached hydrogens (tertiary/aromatic N) is 6.